The Labute approximate surface area is 209 Å². The maximum atomic E-state index is 12.8. The van der Waals surface area contributed by atoms with Gasteiger partial charge in [-0.3, -0.25) is 9.00 Å². The van der Waals surface area contributed by atoms with E-state index in [9.17, 15) is 9.00 Å². The maximum Gasteiger partial charge on any atom is 0.227 e. The van der Waals surface area contributed by atoms with Crippen molar-refractivity contribution in [3.63, 3.8) is 0 Å². The molecule has 1 aromatic carbocycles. The lowest BCUT2D eigenvalue weighted by molar-refractivity contribution is -0.132. The molecular weight excluding hydrogens is 462 g/mol. The van der Waals surface area contributed by atoms with Gasteiger partial charge in [-0.05, 0) is 31.7 Å². The van der Waals surface area contributed by atoms with Gasteiger partial charge in [0.05, 0.1) is 23.1 Å². The molecule has 5 rings (SSSR count). The minimum atomic E-state index is -1.09. The Balaban J connectivity index is 1.38. The van der Waals surface area contributed by atoms with Crippen molar-refractivity contribution < 1.29 is 13.7 Å². The number of aromatic nitrogens is 2. The van der Waals surface area contributed by atoms with Gasteiger partial charge in [-0.1, -0.05) is 29.8 Å². The van der Waals surface area contributed by atoms with Crippen LogP contribution in [0.1, 0.15) is 42.5 Å². The van der Waals surface area contributed by atoms with Crippen molar-refractivity contribution in [2.24, 2.45) is 0 Å². The Bertz CT molecular complexity index is 1110. The van der Waals surface area contributed by atoms with Crippen LogP contribution in [0, 0.1) is 6.92 Å². The molecule has 1 unspecified atom stereocenters. The van der Waals surface area contributed by atoms with E-state index in [0.29, 0.717) is 43.5 Å². The van der Waals surface area contributed by atoms with Gasteiger partial charge in [0.2, 0.25) is 11.9 Å². The third-order valence-electron chi connectivity index (χ3n) is 7.73. The van der Waals surface area contributed by atoms with Crippen molar-refractivity contribution in [2.45, 2.75) is 55.4 Å². The largest absolute Gasteiger partial charge is 0.384 e. The molecule has 8 nitrogen and oxygen atoms in total. The summed E-state index contributed by atoms with van der Waals surface area (Å²) >= 11 is 0. The average Bonchev–Trinajstić information content (AvgIpc) is 3.23. The SMILES string of the molecule is COCC1(c2ccc(C)cc2)CCN(c2nc3c(c(N[C@H]4CCC(=O)N(C)C4)n2)S(=O)CC3)CC1. The summed E-state index contributed by atoms with van der Waals surface area (Å²) in [5.74, 6) is 2.15. The molecule has 2 fully saturated rings. The Morgan fingerprint density at radius 2 is 1.91 bits per heavy atom. The number of rotatable bonds is 6. The molecular formula is C26H35N5O3S. The molecule has 9 heteroatoms. The molecule has 4 heterocycles. The smallest absolute Gasteiger partial charge is 0.227 e. The molecule has 1 aromatic heterocycles. The summed E-state index contributed by atoms with van der Waals surface area (Å²) in [6.45, 7) is 5.09. The lowest BCUT2D eigenvalue weighted by atomic mass is 9.73. The predicted octanol–water partition coefficient (Wildman–Crippen LogP) is 2.67. The van der Waals surface area contributed by atoms with Crippen molar-refractivity contribution >= 4 is 28.5 Å². The van der Waals surface area contributed by atoms with Crippen molar-refractivity contribution in [1.82, 2.24) is 14.9 Å². The van der Waals surface area contributed by atoms with Crippen LogP contribution in [0.5, 0.6) is 0 Å². The third-order valence-corrected chi connectivity index (χ3v) is 9.19. The highest BCUT2D eigenvalue weighted by Gasteiger charge is 2.38. The standard InChI is InChI=1S/C26H35N5O3S/c1-18-4-6-19(7-5-18)26(17-34-3)11-13-31(14-12-26)25-28-21-10-15-35(33)23(21)24(29-25)27-20-8-9-22(32)30(2)16-20/h4-7,20H,8-17H2,1-3H3,(H,27,28,29)/t20-,35?/m0/s1. The minimum Gasteiger partial charge on any atom is -0.384 e. The van der Waals surface area contributed by atoms with Crippen molar-refractivity contribution in [3.05, 3.63) is 41.1 Å². The summed E-state index contributed by atoms with van der Waals surface area (Å²) in [4.78, 5) is 26.5. The Morgan fingerprint density at radius 3 is 2.60 bits per heavy atom. The first-order chi connectivity index (χ1) is 16.9. The molecule has 0 spiro atoms. The number of nitrogens with zero attached hydrogens (tertiary/aromatic N) is 4. The fourth-order valence-corrected chi connectivity index (χ4v) is 6.89. The van der Waals surface area contributed by atoms with Crippen LogP contribution in [0.15, 0.2) is 29.2 Å². The number of carbonyl (C=O) groups excluding carboxylic acids is 1. The number of likely N-dealkylation sites (tertiary alicyclic amines) is 1. The molecule has 3 aliphatic heterocycles. The van der Waals surface area contributed by atoms with Crippen LogP contribution in [-0.2, 0) is 32.2 Å². The number of aryl methyl sites for hydroxylation is 2. The highest BCUT2D eigenvalue weighted by atomic mass is 32.2. The number of likely N-dealkylation sites (N-methyl/N-ethyl adjacent to an activating group) is 1. The summed E-state index contributed by atoms with van der Waals surface area (Å²) in [7, 11) is 2.52. The van der Waals surface area contributed by atoms with Crippen molar-refractivity contribution in [1.29, 1.82) is 0 Å². The minimum absolute atomic E-state index is 0.0164. The van der Waals surface area contributed by atoms with Gasteiger partial charge in [0.25, 0.3) is 0 Å². The Morgan fingerprint density at radius 1 is 1.17 bits per heavy atom. The predicted molar refractivity (Wildman–Crippen MR) is 137 cm³/mol. The number of ether oxygens (including phenoxy) is 1. The van der Waals surface area contributed by atoms with E-state index in [0.717, 1.165) is 42.9 Å². The van der Waals surface area contributed by atoms with E-state index < -0.39 is 10.8 Å². The summed E-state index contributed by atoms with van der Waals surface area (Å²) < 4.78 is 18.4. The molecule has 1 N–H and O–H groups in total. The Hall–Kier alpha value is -2.52. The molecule has 35 heavy (non-hydrogen) atoms. The molecule has 0 radical (unpaired) electrons. The van der Waals surface area contributed by atoms with E-state index in [1.54, 1.807) is 12.0 Å². The first-order valence-corrected chi connectivity index (χ1v) is 13.8. The number of hydrogen-bond donors (Lipinski definition) is 1. The van der Waals surface area contributed by atoms with Crippen LogP contribution >= 0.6 is 0 Å². The number of piperidine rings is 2. The van der Waals surface area contributed by atoms with E-state index in [4.69, 9.17) is 14.7 Å². The molecule has 2 atom stereocenters. The second kappa shape index (κ2) is 9.85. The second-order valence-corrected chi connectivity index (χ2v) is 11.7. The summed E-state index contributed by atoms with van der Waals surface area (Å²) in [5, 5.41) is 3.53. The zero-order valence-electron chi connectivity index (χ0n) is 20.9. The average molecular weight is 498 g/mol. The lowest BCUT2D eigenvalue weighted by Crippen LogP contribution is -2.46. The van der Waals surface area contributed by atoms with Crippen LogP contribution in [0.4, 0.5) is 11.8 Å². The number of amides is 1. The topological polar surface area (TPSA) is 87.7 Å². The fraction of sp³-hybridized carbons (Fsp3) is 0.577. The van der Waals surface area contributed by atoms with Gasteiger partial charge >= 0.3 is 0 Å². The molecule has 0 aliphatic carbocycles. The number of benzene rings is 1. The summed E-state index contributed by atoms with van der Waals surface area (Å²) in [5.41, 5.74) is 3.46. The molecule has 1 amide bonds. The number of carbonyl (C=O) groups is 1. The van der Waals surface area contributed by atoms with Gasteiger partial charge in [0, 0.05) is 63.8 Å². The van der Waals surface area contributed by atoms with E-state index in [1.165, 1.54) is 11.1 Å². The molecule has 3 aliphatic rings. The van der Waals surface area contributed by atoms with E-state index in [1.807, 2.05) is 7.05 Å². The first kappa shape index (κ1) is 24.2. The zero-order chi connectivity index (χ0) is 24.6. The quantitative estimate of drug-likeness (QED) is 0.657. The highest BCUT2D eigenvalue weighted by molar-refractivity contribution is 7.85. The van der Waals surface area contributed by atoms with Crippen LogP contribution in [0.2, 0.25) is 0 Å². The van der Waals surface area contributed by atoms with Crippen LogP contribution in [-0.4, -0.2) is 77.2 Å². The molecule has 188 valence electrons. The number of nitrogens with one attached hydrogen (secondary N) is 1. The van der Waals surface area contributed by atoms with Gasteiger partial charge < -0.3 is 19.9 Å². The number of methoxy groups -OCH3 is 1. The van der Waals surface area contributed by atoms with Crippen LogP contribution in [0.3, 0.4) is 0 Å². The molecule has 0 bridgehead atoms. The molecule has 2 aromatic rings. The third kappa shape index (κ3) is 4.80. The summed E-state index contributed by atoms with van der Waals surface area (Å²) in [6.07, 6.45) is 3.89. The van der Waals surface area contributed by atoms with Crippen LogP contribution < -0.4 is 10.2 Å². The van der Waals surface area contributed by atoms with Crippen molar-refractivity contribution in [2.75, 3.05) is 56.4 Å². The fourth-order valence-electron chi connectivity index (χ4n) is 5.58. The Kier molecular flexibility index (Phi) is 6.81. The number of anilines is 2. The van der Waals surface area contributed by atoms with E-state index in [-0.39, 0.29) is 17.4 Å². The highest BCUT2D eigenvalue weighted by Crippen LogP contribution is 2.38. The van der Waals surface area contributed by atoms with Gasteiger partial charge in [-0.15, -0.1) is 0 Å². The van der Waals surface area contributed by atoms with Gasteiger partial charge in [-0.25, -0.2) is 4.98 Å². The summed E-state index contributed by atoms with van der Waals surface area (Å²) in [6, 6.07) is 8.92. The van der Waals surface area contributed by atoms with E-state index >= 15 is 0 Å². The van der Waals surface area contributed by atoms with Gasteiger partial charge in [0.1, 0.15) is 10.7 Å². The van der Waals surface area contributed by atoms with Crippen molar-refractivity contribution in [3.8, 4) is 0 Å². The first-order valence-electron chi connectivity index (χ1n) is 12.5. The zero-order valence-corrected chi connectivity index (χ0v) is 21.7. The normalized spacial score (nSPS) is 23.9. The molecule has 0 saturated carbocycles. The van der Waals surface area contributed by atoms with E-state index in [2.05, 4.69) is 41.4 Å². The molecule has 2 saturated heterocycles. The van der Waals surface area contributed by atoms with Gasteiger partial charge in [0.15, 0.2) is 0 Å². The maximum absolute atomic E-state index is 12.8. The van der Waals surface area contributed by atoms with Crippen LogP contribution in [0.25, 0.3) is 0 Å². The van der Waals surface area contributed by atoms with Gasteiger partial charge in [-0.2, -0.15) is 4.98 Å². The lowest BCUT2D eigenvalue weighted by Gasteiger charge is -2.42. The monoisotopic (exact) mass is 497 g/mol. The number of hydrogen-bond acceptors (Lipinski definition) is 7. The number of fused-ring (bicyclic) bond motifs is 1. The second-order valence-electron chi connectivity index (χ2n) is 10.2.